The maximum atomic E-state index is 12.7. The van der Waals surface area contributed by atoms with Crippen LogP contribution in [-0.4, -0.2) is 55.5 Å². The fourth-order valence-electron chi connectivity index (χ4n) is 3.69. The average Bonchev–Trinajstić information content (AvgIpc) is 3.18. The third kappa shape index (κ3) is 5.41. The summed E-state index contributed by atoms with van der Waals surface area (Å²) in [4.78, 5) is 18.9. The van der Waals surface area contributed by atoms with Crippen molar-refractivity contribution in [3.8, 4) is 0 Å². The molecule has 146 valence electrons. The fourth-order valence-corrected chi connectivity index (χ4v) is 4.55. The Morgan fingerprint density at radius 3 is 2.44 bits per heavy atom. The van der Waals surface area contributed by atoms with Crippen LogP contribution in [0.1, 0.15) is 36.8 Å². The summed E-state index contributed by atoms with van der Waals surface area (Å²) >= 11 is 1.78. The molecular formula is C22H31N3OS. The van der Waals surface area contributed by atoms with Crippen LogP contribution in [0.5, 0.6) is 0 Å². The molecule has 1 N–H and O–H groups in total. The summed E-state index contributed by atoms with van der Waals surface area (Å²) in [7, 11) is 2.17. The summed E-state index contributed by atoms with van der Waals surface area (Å²) < 4.78 is 0. The number of nitrogens with one attached hydrogen (secondary N) is 1. The second-order valence-corrected chi connectivity index (χ2v) is 9.08. The van der Waals surface area contributed by atoms with Gasteiger partial charge in [0.15, 0.2) is 0 Å². The van der Waals surface area contributed by atoms with E-state index in [-0.39, 0.29) is 17.4 Å². The van der Waals surface area contributed by atoms with Crippen LogP contribution in [0, 0.1) is 0 Å². The number of hydrogen-bond donors (Lipinski definition) is 1. The minimum Gasteiger partial charge on any atom is -0.354 e. The number of thiophene rings is 1. The fraction of sp³-hybridized carbons (Fsp3) is 0.500. The Kier molecular flexibility index (Phi) is 6.68. The first-order valence-electron chi connectivity index (χ1n) is 9.74. The number of carbonyl (C=O) groups is 1. The molecule has 1 atom stereocenters. The van der Waals surface area contributed by atoms with Crippen molar-refractivity contribution in [1.82, 2.24) is 15.1 Å². The standard InChI is InChI=1S/C22H31N3OS/c1-22(2,18-8-5-4-6-9-18)16-21(26)23-17-19(20-10-7-15-27-20)25-13-11-24(3)12-14-25/h4-10,15,19H,11-14,16-17H2,1-3H3,(H,23,26). The van der Waals surface area contributed by atoms with Gasteiger partial charge in [0, 0.05) is 44.0 Å². The first-order chi connectivity index (χ1) is 13.0. The normalized spacial score (nSPS) is 17.6. The molecule has 1 saturated heterocycles. The zero-order valence-corrected chi connectivity index (χ0v) is 17.5. The quantitative estimate of drug-likeness (QED) is 0.792. The van der Waals surface area contributed by atoms with Crippen molar-refractivity contribution in [2.75, 3.05) is 39.8 Å². The van der Waals surface area contributed by atoms with Crippen molar-refractivity contribution in [2.24, 2.45) is 0 Å². The van der Waals surface area contributed by atoms with E-state index in [4.69, 9.17) is 0 Å². The van der Waals surface area contributed by atoms with Crippen LogP contribution < -0.4 is 5.32 Å². The van der Waals surface area contributed by atoms with E-state index in [9.17, 15) is 4.79 Å². The van der Waals surface area contributed by atoms with Crippen LogP contribution in [0.15, 0.2) is 47.8 Å². The molecule has 1 aromatic carbocycles. The Hall–Kier alpha value is -1.69. The molecule has 27 heavy (non-hydrogen) atoms. The van der Waals surface area contributed by atoms with Crippen molar-refractivity contribution in [2.45, 2.75) is 31.7 Å². The van der Waals surface area contributed by atoms with Crippen molar-refractivity contribution >= 4 is 17.2 Å². The molecular weight excluding hydrogens is 354 g/mol. The number of likely N-dealkylation sites (N-methyl/N-ethyl adjacent to an activating group) is 1. The number of hydrogen-bond acceptors (Lipinski definition) is 4. The van der Waals surface area contributed by atoms with E-state index in [1.807, 2.05) is 18.2 Å². The maximum absolute atomic E-state index is 12.7. The molecule has 3 rings (SSSR count). The summed E-state index contributed by atoms with van der Waals surface area (Å²) in [5, 5.41) is 5.34. The van der Waals surface area contributed by atoms with E-state index in [1.54, 1.807) is 11.3 Å². The highest BCUT2D eigenvalue weighted by atomic mass is 32.1. The topological polar surface area (TPSA) is 35.6 Å². The molecule has 1 aliphatic heterocycles. The summed E-state index contributed by atoms with van der Waals surface area (Å²) in [6.07, 6.45) is 0.497. The summed E-state index contributed by atoms with van der Waals surface area (Å²) in [6.45, 7) is 9.20. The number of benzene rings is 1. The molecule has 0 bridgehead atoms. The van der Waals surface area contributed by atoms with E-state index in [1.165, 1.54) is 10.4 Å². The Bertz CT molecular complexity index is 706. The molecule has 4 nitrogen and oxygen atoms in total. The zero-order chi connectivity index (χ0) is 19.3. The van der Waals surface area contributed by atoms with Crippen molar-refractivity contribution < 1.29 is 4.79 Å². The van der Waals surface area contributed by atoms with E-state index in [2.05, 4.69) is 65.7 Å². The Morgan fingerprint density at radius 2 is 1.81 bits per heavy atom. The van der Waals surface area contributed by atoms with Gasteiger partial charge in [0.1, 0.15) is 0 Å². The Morgan fingerprint density at radius 1 is 1.11 bits per heavy atom. The minimum absolute atomic E-state index is 0.125. The molecule has 5 heteroatoms. The van der Waals surface area contributed by atoms with Gasteiger partial charge in [-0.25, -0.2) is 0 Å². The third-order valence-electron chi connectivity index (χ3n) is 5.50. The first-order valence-corrected chi connectivity index (χ1v) is 10.6. The Balaban J connectivity index is 1.60. The molecule has 0 saturated carbocycles. The number of nitrogens with zero attached hydrogens (tertiary/aromatic N) is 2. The van der Waals surface area contributed by atoms with E-state index in [0.29, 0.717) is 13.0 Å². The molecule has 0 spiro atoms. The van der Waals surface area contributed by atoms with Gasteiger partial charge in [-0.1, -0.05) is 50.2 Å². The first kappa shape index (κ1) is 20.1. The predicted molar refractivity (Wildman–Crippen MR) is 113 cm³/mol. The predicted octanol–water partition coefficient (Wildman–Crippen LogP) is 3.52. The molecule has 1 fully saturated rings. The Labute approximate surface area is 167 Å². The zero-order valence-electron chi connectivity index (χ0n) is 16.6. The largest absolute Gasteiger partial charge is 0.354 e. The van der Waals surface area contributed by atoms with E-state index < -0.39 is 0 Å². The third-order valence-corrected chi connectivity index (χ3v) is 6.47. The monoisotopic (exact) mass is 385 g/mol. The maximum Gasteiger partial charge on any atom is 0.220 e. The highest BCUT2D eigenvalue weighted by Crippen LogP contribution is 2.28. The molecule has 1 unspecified atom stereocenters. The highest BCUT2D eigenvalue weighted by Gasteiger charge is 2.27. The van der Waals surface area contributed by atoms with E-state index >= 15 is 0 Å². The summed E-state index contributed by atoms with van der Waals surface area (Å²) in [5.74, 6) is 0.125. The lowest BCUT2D eigenvalue weighted by Gasteiger charge is -2.37. The van der Waals surface area contributed by atoms with Crippen LogP contribution in [0.3, 0.4) is 0 Å². The lowest BCUT2D eigenvalue weighted by Crippen LogP contribution is -2.48. The molecule has 1 amide bonds. The SMILES string of the molecule is CN1CCN(C(CNC(=O)CC(C)(C)c2ccccc2)c2cccs2)CC1. The lowest BCUT2D eigenvalue weighted by atomic mass is 9.81. The highest BCUT2D eigenvalue weighted by molar-refractivity contribution is 7.10. The number of piperazine rings is 1. The van der Waals surface area contributed by atoms with Crippen molar-refractivity contribution in [3.63, 3.8) is 0 Å². The van der Waals surface area contributed by atoms with E-state index in [0.717, 1.165) is 26.2 Å². The van der Waals surface area contributed by atoms with Crippen LogP contribution >= 0.6 is 11.3 Å². The number of amides is 1. The van der Waals surface area contributed by atoms with Crippen LogP contribution in [-0.2, 0) is 10.2 Å². The van der Waals surface area contributed by atoms with Gasteiger partial charge in [-0.15, -0.1) is 11.3 Å². The molecule has 0 aliphatic carbocycles. The summed E-state index contributed by atoms with van der Waals surface area (Å²) in [5.41, 5.74) is 1.03. The number of carbonyl (C=O) groups excluding carboxylic acids is 1. The lowest BCUT2D eigenvalue weighted by molar-refractivity contribution is -0.122. The summed E-state index contributed by atoms with van der Waals surface area (Å²) in [6, 6.07) is 14.9. The van der Waals surface area contributed by atoms with Gasteiger partial charge >= 0.3 is 0 Å². The molecule has 1 aromatic heterocycles. The second-order valence-electron chi connectivity index (χ2n) is 8.10. The molecule has 0 radical (unpaired) electrons. The van der Waals surface area contributed by atoms with Gasteiger partial charge < -0.3 is 10.2 Å². The van der Waals surface area contributed by atoms with Gasteiger partial charge in [0.2, 0.25) is 5.91 Å². The van der Waals surface area contributed by atoms with Gasteiger partial charge in [-0.3, -0.25) is 9.69 Å². The average molecular weight is 386 g/mol. The van der Waals surface area contributed by atoms with Crippen LogP contribution in [0.25, 0.3) is 0 Å². The number of rotatable bonds is 7. The van der Waals surface area contributed by atoms with Gasteiger partial charge in [-0.05, 0) is 29.5 Å². The second kappa shape index (κ2) is 9.00. The van der Waals surface area contributed by atoms with Crippen molar-refractivity contribution in [1.29, 1.82) is 0 Å². The minimum atomic E-state index is -0.169. The van der Waals surface area contributed by atoms with Crippen LogP contribution in [0.4, 0.5) is 0 Å². The molecule has 2 aromatic rings. The molecule has 2 heterocycles. The van der Waals surface area contributed by atoms with Crippen LogP contribution in [0.2, 0.25) is 0 Å². The van der Waals surface area contributed by atoms with Gasteiger partial charge in [0.25, 0.3) is 0 Å². The van der Waals surface area contributed by atoms with Gasteiger partial charge in [0.05, 0.1) is 6.04 Å². The van der Waals surface area contributed by atoms with Gasteiger partial charge in [-0.2, -0.15) is 0 Å². The van der Waals surface area contributed by atoms with Crippen molar-refractivity contribution in [3.05, 3.63) is 58.3 Å². The molecule has 1 aliphatic rings. The smallest absolute Gasteiger partial charge is 0.220 e.